The molecule has 1 aromatic heterocycles. The Morgan fingerprint density at radius 1 is 1.03 bits per heavy atom. The number of aromatic nitrogens is 1. The minimum absolute atomic E-state index is 0.118. The number of ether oxygens (including phenoxy) is 2. The van der Waals surface area contributed by atoms with Gasteiger partial charge in [0.05, 0.1) is 17.8 Å². The third kappa shape index (κ3) is 4.34. The topological polar surface area (TPSA) is 73.0 Å². The van der Waals surface area contributed by atoms with Crippen LogP contribution in [0.4, 0.5) is 14.5 Å². The number of thioether (sulfide) groups is 1. The third-order valence-corrected chi connectivity index (χ3v) is 6.09. The predicted octanol–water partition coefficient (Wildman–Crippen LogP) is 5.55. The summed E-state index contributed by atoms with van der Waals surface area (Å²) in [4.78, 5) is 18.0. The summed E-state index contributed by atoms with van der Waals surface area (Å²) in [6.07, 6.45) is 1.47. The lowest BCUT2D eigenvalue weighted by Crippen LogP contribution is -2.22. The van der Waals surface area contributed by atoms with Gasteiger partial charge in [-0.2, -0.15) is 8.78 Å². The molecule has 172 valence electrons. The van der Waals surface area contributed by atoms with Crippen LogP contribution in [0.3, 0.4) is 0 Å². The molecule has 0 unspecified atom stereocenters. The van der Waals surface area contributed by atoms with Crippen molar-refractivity contribution in [1.82, 2.24) is 4.57 Å². The Morgan fingerprint density at radius 2 is 1.76 bits per heavy atom. The summed E-state index contributed by atoms with van der Waals surface area (Å²) in [7, 11) is 0. The Bertz CT molecular complexity index is 1450. The maximum atomic E-state index is 13.2. The van der Waals surface area contributed by atoms with E-state index in [4.69, 9.17) is 9.47 Å². The molecule has 6 nitrogen and oxygen atoms in total. The first-order valence-electron chi connectivity index (χ1n) is 10.3. The van der Waals surface area contributed by atoms with E-state index >= 15 is 0 Å². The van der Waals surface area contributed by atoms with Crippen molar-refractivity contribution in [1.29, 1.82) is 0 Å². The summed E-state index contributed by atoms with van der Waals surface area (Å²) in [5, 5.41) is 12.1. The predicted molar refractivity (Wildman–Crippen MR) is 127 cm³/mol. The average Bonchev–Trinajstić information content (AvgIpc) is 3.30. The van der Waals surface area contributed by atoms with Crippen LogP contribution < -0.4 is 15.0 Å². The normalized spacial score (nSPS) is 12.8. The van der Waals surface area contributed by atoms with E-state index in [0.717, 1.165) is 5.56 Å². The first-order valence-corrected chi connectivity index (χ1v) is 11.2. The van der Waals surface area contributed by atoms with Crippen LogP contribution in [0.1, 0.15) is 11.1 Å². The first-order chi connectivity index (χ1) is 16.5. The van der Waals surface area contributed by atoms with Crippen molar-refractivity contribution in [3.8, 4) is 17.4 Å². The van der Waals surface area contributed by atoms with Crippen LogP contribution in [0, 0.1) is 0 Å². The number of alkyl halides is 2. The minimum atomic E-state index is -2.50. The summed E-state index contributed by atoms with van der Waals surface area (Å²) in [6, 6.07) is 18.7. The van der Waals surface area contributed by atoms with Crippen molar-refractivity contribution in [3.05, 3.63) is 88.2 Å². The zero-order valence-electron chi connectivity index (χ0n) is 17.7. The zero-order chi connectivity index (χ0) is 23.7. The van der Waals surface area contributed by atoms with Crippen molar-refractivity contribution >= 4 is 34.4 Å². The van der Waals surface area contributed by atoms with E-state index in [0.29, 0.717) is 50.2 Å². The van der Waals surface area contributed by atoms with Gasteiger partial charge in [-0.25, -0.2) is 0 Å². The van der Waals surface area contributed by atoms with Gasteiger partial charge in [0.25, 0.3) is 11.3 Å². The van der Waals surface area contributed by atoms with Gasteiger partial charge in [-0.15, -0.1) is 0 Å². The number of benzene rings is 3. The van der Waals surface area contributed by atoms with Crippen LogP contribution in [0.2, 0.25) is 0 Å². The molecule has 0 aliphatic carbocycles. The molecule has 4 aromatic rings. The molecule has 1 aliphatic rings. The van der Waals surface area contributed by atoms with E-state index in [1.165, 1.54) is 10.8 Å². The molecule has 0 fully saturated rings. The molecule has 0 saturated carbocycles. The number of halogens is 2. The highest BCUT2D eigenvalue weighted by Gasteiger charge is 2.18. The molecule has 0 atom stereocenters. The summed E-state index contributed by atoms with van der Waals surface area (Å²) in [5.41, 5.74) is 1.32. The summed E-state index contributed by atoms with van der Waals surface area (Å²) < 4.78 is 37.1. The SMILES string of the molecule is O=c1c2ccccc2c(C=Nc2ccc(SC(F)F)cc2)c(O)n1Cc1ccc2c(c1)OCO2. The highest BCUT2D eigenvalue weighted by Crippen LogP contribution is 2.33. The Kier molecular flexibility index (Phi) is 5.93. The van der Waals surface area contributed by atoms with Gasteiger partial charge in [0.2, 0.25) is 12.7 Å². The van der Waals surface area contributed by atoms with Crippen LogP contribution in [0.5, 0.6) is 17.4 Å². The molecule has 9 heteroatoms. The standard InChI is InChI=1S/C25H18F2N2O4S/c26-25(27)34-17-8-6-16(7-9-17)28-12-20-18-3-1-2-4-19(18)23(30)29(24(20)31)13-15-5-10-21-22(11-15)33-14-32-21/h1-12,25,31H,13-14H2. The molecule has 3 aromatic carbocycles. The van der Waals surface area contributed by atoms with E-state index in [1.54, 1.807) is 66.7 Å². The maximum Gasteiger partial charge on any atom is 0.288 e. The average molecular weight is 480 g/mol. The first kappa shape index (κ1) is 22.0. The van der Waals surface area contributed by atoms with Gasteiger partial charge in [-0.3, -0.25) is 14.4 Å². The molecule has 0 saturated heterocycles. The lowest BCUT2D eigenvalue weighted by molar-refractivity contribution is 0.174. The van der Waals surface area contributed by atoms with Gasteiger partial charge in [-0.05, 0) is 48.0 Å². The van der Waals surface area contributed by atoms with Crippen LogP contribution in [-0.2, 0) is 6.54 Å². The molecule has 1 N–H and O–H groups in total. The third-order valence-electron chi connectivity index (χ3n) is 5.37. The van der Waals surface area contributed by atoms with E-state index in [1.807, 2.05) is 0 Å². The molecule has 5 rings (SSSR count). The van der Waals surface area contributed by atoms with Gasteiger partial charge in [0, 0.05) is 21.9 Å². The fourth-order valence-corrected chi connectivity index (χ4v) is 4.26. The van der Waals surface area contributed by atoms with Crippen molar-refractivity contribution in [2.45, 2.75) is 17.2 Å². The fourth-order valence-electron chi connectivity index (χ4n) is 3.76. The number of aromatic hydroxyl groups is 1. The summed E-state index contributed by atoms with van der Waals surface area (Å²) in [6.45, 7) is 0.259. The molecule has 34 heavy (non-hydrogen) atoms. The second-order valence-corrected chi connectivity index (χ2v) is 8.56. The van der Waals surface area contributed by atoms with Gasteiger partial charge in [-0.1, -0.05) is 36.0 Å². The van der Waals surface area contributed by atoms with Crippen molar-refractivity contribution < 1.29 is 23.4 Å². The molecule has 1 aliphatic heterocycles. The molecular weight excluding hydrogens is 462 g/mol. The van der Waals surface area contributed by atoms with Gasteiger partial charge >= 0.3 is 0 Å². The molecule has 0 radical (unpaired) electrons. The molecule has 2 heterocycles. The smallest absolute Gasteiger partial charge is 0.288 e. The van der Waals surface area contributed by atoms with Gasteiger partial charge in [0.1, 0.15) is 0 Å². The Morgan fingerprint density at radius 3 is 2.53 bits per heavy atom. The Labute approximate surface area is 197 Å². The van der Waals surface area contributed by atoms with Crippen molar-refractivity contribution in [2.75, 3.05) is 6.79 Å². The van der Waals surface area contributed by atoms with Crippen LogP contribution in [0.15, 0.2) is 81.4 Å². The van der Waals surface area contributed by atoms with E-state index in [-0.39, 0.29) is 24.8 Å². The molecule has 0 amide bonds. The molecule has 0 bridgehead atoms. The molecule has 0 spiro atoms. The van der Waals surface area contributed by atoms with E-state index in [9.17, 15) is 18.7 Å². The monoisotopic (exact) mass is 480 g/mol. The number of nitrogens with zero attached hydrogens (tertiary/aromatic N) is 2. The molecular formula is C25H18F2N2O4S. The number of hydrogen-bond acceptors (Lipinski definition) is 6. The minimum Gasteiger partial charge on any atom is -0.494 e. The number of fused-ring (bicyclic) bond motifs is 2. The Hall–Kier alpha value is -3.85. The lowest BCUT2D eigenvalue weighted by Gasteiger charge is -2.14. The number of hydrogen-bond donors (Lipinski definition) is 1. The zero-order valence-corrected chi connectivity index (χ0v) is 18.5. The Balaban J connectivity index is 1.54. The number of aliphatic imine (C=N–C) groups is 1. The second-order valence-electron chi connectivity index (χ2n) is 7.49. The number of pyridine rings is 1. The fraction of sp³-hybridized carbons (Fsp3) is 0.120. The highest BCUT2D eigenvalue weighted by atomic mass is 32.2. The van der Waals surface area contributed by atoms with Crippen molar-refractivity contribution in [2.24, 2.45) is 4.99 Å². The summed E-state index contributed by atoms with van der Waals surface area (Å²) >= 11 is 0.458. The maximum absolute atomic E-state index is 13.2. The van der Waals surface area contributed by atoms with Gasteiger partial charge < -0.3 is 14.6 Å². The van der Waals surface area contributed by atoms with Crippen LogP contribution in [-0.4, -0.2) is 28.4 Å². The van der Waals surface area contributed by atoms with Crippen LogP contribution in [0.25, 0.3) is 10.8 Å². The summed E-state index contributed by atoms with van der Waals surface area (Å²) in [5.74, 6) is -1.51. The highest BCUT2D eigenvalue weighted by molar-refractivity contribution is 7.99. The second kappa shape index (κ2) is 9.18. The lowest BCUT2D eigenvalue weighted by atomic mass is 10.1. The van der Waals surface area contributed by atoms with Crippen molar-refractivity contribution in [3.63, 3.8) is 0 Å². The quantitative estimate of drug-likeness (QED) is 0.289. The van der Waals surface area contributed by atoms with Gasteiger partial charge in [0.15, 0.2) is 11.5 Å². The van der Waals surface area contributed by atoms with E-state index < -0.39 is 5.76 Å². The number of rotatable bonds is 6. The van der Waals surface area contributed by atoms with Crippen LogP contribution >= 0.6 is 11.8 Å². The van der Waals surface area contributed by atoms with E-state index in [2.05, 4.69) is 4.99 Å². The largest absolute Gasteiger partial charge is 0.494 e.